The minimum absolute atomic E-state index is 0.153. The van der Waals surface area contributed by atoms with E-state index in [0.29, 0.717) is 19.1 Å². The second-order valence-electron chi connectivity index (χ2n) is 6.45. The van der Waals surface area contributed by atoms with Gasteiger partial charge in [-0.05, 0) is 37.0 Å². The molecule has 0 radical (unpaired) electrons. The van der Waals surface area contributed by atoms with E-state index in [2.05, 4.69) is 27.7 Å². The summed E-state index contributed by atoms with van der Waals surface area (Å²) in [4.78, 5) is 23.1. The number of nitrogens with zero attached hydrogens (tertiary/aromatic N) is 4. The highest BCUT2D eigenvalue weighted by molar-refractivity contribution is 5.82. The van der Waals surface area contributed by atoms with Crippen molar-refractivity contribution in [1.82, 2.24) is 30.3 Å². The highest BCUT2D eigenvalue weighted by Gasteiger charge is 2.31. The first kappa shape index (κ1) is 17.6. The monoisotopic (exact) mass is 342 g/mol. The van der Waals surface area contributed by atoms with Gasteiger partial charge < -0.3 is 9.47 Å². The van der Waals surface area contributed by atoms with Gasteiger partial charge in [-0.15, -0.1) is 0 Å². The van der Waals surface area contributed by atoms with Crippen LogP contribution in [0.15, 0.2) is 43.2 Å². The van der Waals surface area contributed by atoms with Crippen LogP contribution in [0.5, 0.6) is 0 Å². The van der Waals surface area contributed by atoms with Gasteiger partial charge in [0.15, 0.2) is 0 Å². The summed E-state index contributed by atoms with van der Waals surface area (Å²) in [7, 11) is 0. The predicted octanol–water partition coefficient (Wildman–Crippen LogP) is 1.34. The smallest absolute Gasteiger partial charge is 0.241 e. The van der Waals surface area contributed by atoms with Gasteiger partial charge in [0, 0.05) is 50.5 Å². The number of hydrazine groups is 1. The topological polar surface area (TPSA) is 75.1 Å². The maximum Gasteiger partial charge on any atom is 0.241 e. The standard InChI is InChI=1S/C18H26N6O/c1-2-16-12-17(22-21-16)18(25)24(13-15-4-6-19-7-5-15)10-3-9-23-11-8-20-14-23/h4-8,11,14,16-17,21-22H,2-3,9-10,12-13H2,1H3. The SMILES string of the molecule is CCC1CC(C(=O)N(CCCn2ccnc2)Cc2ccncc2)NN1. The Balaban J connectivity index is 1.61. The second-order valence-corrected chi connectivity index (χ2v) is 6.45. The number of carbonyl (C=O) groups is 1. The molecule has 0 aromatic carbocycles. The average Bonchev–Trinajstić information content (AvgIpc) is 3.33. The number of nitrogens with one attached hydrogen (secondary N) is 2. The van der Waals surface area contributed by atoms with E-state index in [1.165, 1.54) is 0 Å². The molecule has 7 nitrogen and oxygen atoms in total. The van der Waals surface area contributed by atoms with E-state index in [-0.39, 0.29) is 11.9 Å². The summed E-state index contributed by atoms with van der Waals surface area (Å²) in [6, 6.07) is 4.14. The van der Waals surface area contributed by atoms with Gasteiger partial charge in [-0.2, -0.15) is 0 Å². The molecule has 3 rings (SSSR count). The lowest BCUT2D eigenvalue weighted by Crippen LogP contribution is -2.46. The Hall–Kier alpha value is -2.25. The highest BCUT2D eigenvalue weighted by Crippen LogP contribution is 2.13. The molecular formula is C18H26N6O. The molecule has 2 aromatic heterocycles. The number of pyridine rings is 1. The zero-order valence-electron chi connectivity index (χ0n) is 14.6. The summed E-state index contributed by atoms with van der Waals surface area (Å²) in [5.41, 5.74) is 7.47. The Morgan fingerprint density at radius 1 is 1.28 bits per heavy atom. The normalized spacial score (nSPS) is 19.9. The minimum Gasteiger partial charge on any atom is -0.337 e. The van der Waals surface area contributed by atoms with Crippen molar-refractivity contribution in [1.29, 1.82) is 0 Å². The molecule has 0 saturated carbocycles. The molecule has 2 N–H and O–H groups in total. The molecule has 0 spiro atoms. The van der Waals surface area contributed by atoms with Crippen LogP contribution in [0.1, 0.15) is 31.7 Å². The molecule has 2 unspecified atom stereocenters. The number of hydrogen-bond acceptors (Lipinski definition) is 5. The molecule has 1 aliphatic heterocycles. The van der Waals surface area contributed by atoms with Crippen LogP contribution < -0.4 is 10.9 Å². The first-order valence-electron chi connectivity index (χ1n) is 8.90. The van der Waals surface area contributed by atoms with Crippen molar-refractivity contribution in [3.63, 3.8) is 0 Å². The number of hydrogen-bond donors (Lipinski definition) is 2. The second kappa shape index (κ2) is 8.73. The molecular weight excluding hydrogens is 316 g/mol. The van der Waals surface area contributed by atoms with Crippen LogP contribution in [0.2, 0.25) is 0 Å². The molecule has 1 saturated heterocycles. The van der Waals surface area contributed by atoms with Crippen molar-refractivity contribution < 1.29 is 4.79 Å². The summed E-state index contributed by atoms with van der Waals surface area (Å²) < 4.78 is 2.04. The van der Waals surface area contributed by atoms with E-state index < -0.39 is 0 Å². The quantitative estimate of drug-likeness (QED) is 0.757. The van der Waals surface area contributed by atoms with Crippen molar-refractivity contribution in [3.05, 3.63) is 48.8 Å². The fourth-order valence-corrected chi connectivity index (χ4v) is 3.11. The number of carbonyl (C=O) groups excluding carboxylic acids is 1. The van der Waals surface area contributed by atoms with E-state index in [0.717, 1.165) is 31.4 Å². The number of rotatable bonds is 8. The summed E-state index contributed by atoms with van der Waals surface area (Å²) in [6.07, 6.45) is 11.8. The van der Waals surface area contributed by atoms with E-state index in [9.17, 15) is 4.79 Å². The number of aryl methyl sites for hydroxylation is 1. The third kappa shape index (κ3) is 4.87. The first-order chi connectivity index (χ1) is 12.3. The van der Waals surface area contributed by atoms with Gasteiger partial charge in [0.05, 0.1) is 6.33 Å². The van der Waals surface area contributed by atoms with E-state index in [1.54, 1.807) is 18.6 Å². The molecule has 25 heavy (non-hydrogen) atoms. The van der Waals surface area contributed by atoms with Gasteiger partial charge in [-0.25, -0.2) is 10.4 Å². The highest BCUT2D eigenvalue weighted by atomic mass is 16.2. The van der Waals surface area contributed by atoms with Crippen LogP contribution >= 0.6 is 0 Å². The first-order valence-corrected chi connectivity index (χ1v) is 8.90. The van der Waals surface area contributed by atoms with Gasteiger partial charge in [-0.3, -0.25) is 15.2 Å². The Kier molecular flexibility index (Phi) is 6.14. The third-order valence-electron chi connectivity index (χ3n) is 4.61. The van der Waals surface area contributed by atoms with Crippen LogP contribution in [-0.2, 0) is 17.9 Å². The minimum atomic E-state index is -0.153. The Labute approximate surface area is 148 Å². The lowest BCUT2D eigenvalue weighted by Gasteiger charge is -2.26. The molecule has 0 bridgehead atoms. The Morgan fingerprint density at radius 3 is 2.80 bits per heavy atom. The van der Waals surface area contributed by atoms with Crippen molar-refractivity contribution in [2.24, 2.45) is 0 Å². The Bertz CT molecular complexity index is 645. The Morgan fingerprint density at radius 2 is 2.12 bits per heavy atom. The molecule has 3 heterocycles. The van der Waals surface area contributed by atoms with Gasteiger partial charge in [0.1, 0.15) is 6.04 Å². The van der Waals surface area contributed by atoms with Crippen molar-refractivity contribution in [3.8, 4) is 0 Å². The maximum atomic E-state index is 13.0. The fourth-order valence-electron chi connectivity index (χ4n) is 3.11. The molecule has 1 aliphatic rings. The molecule has 2 aromatic rings. The van der Waals surface area contributed by atoms with Crippen molar-refractivity contribution >= 4 is 5.91 Å². The molecule has 7 heteroatoms. The van der Waals surface area contributed by atoms with Gasteiger partial charge in [0.2, 0.25) is 5.91 Å². The van der Waals surface area contributed by atoms with Crippen LogP contribution in [-0.4, -0.2) is 44.0 Å². The van der Waals surface area contributed by atoms with Crippen LogP contribution in [0.25, 0.3) is 0 Å². The van der Waals surface area contributed by atoms with E-state index in [1.807, 2.05) is 34.1 Å². The third-order valence-corrected chi connectivity index (χ3v) is 4.61. The fraction of sp³-hybridized carbons (Fsp3) is 0.500. The summed E-state index contributed by atoms with van der Waals surface area (Å²) in [6.45, 7) is 4.31. The van der Waals surface area contributed by atoms with Crippen molar-refractivity contribution in [2.75, 3.05) is 6.54 Å². The molecule has 1 fully saturated rings. The molecule has 2 atom stereocenters. The summed E-state index contributed by atoms with van der Waals surface area (Å²) in [5.74, 6) is 0.158. The largest absolute Gasteiger partial charge is 0.337 e. The van der Waals surface area contributed by atoms with Crippen LogP contribution in [0.3, 0.4) is 0 Å². The van der Waals surface area contributed by atoms with Gasteiger partial charge in [-0.1, -0.05) is 6.92 Å². The summed E-state index contributed by atoms with van der Waals surface area (Å²) >= 11 is 0. The molecule has 0 aliphatic carbocycles. The average molecular weight is 342 g/mol. The number of amides is 1. The van der Waals surface area contributed by atoms with Crippen LogP contribution in [0, 0.1) is 0 Å². The lowest BCUT2D eigenvalue weighted by molar-refractivity contribution is -0.134. The lowest BCUT2D eigenvalue weighted by atomic mass is 10.1. The van der Waals surface area contributed by atoms with Crippen LogP contribution in [0.4, 0.5) is 0 Å². The van der Waals surface area contributed by atoms with Gasteiger partial charge in [0.25, 0.3) is 0 Å². The number of aromatic nitrogens is 3. The maximum absolute atomic E-state index is 13.0. The zero-order valence-corrected chi connectivity index (χ0v) is 14.6. The van der Waals surface area contributed by atoms with Gasteiger partial charge >= 0.3 is 0 Å². The predicted molar refractivity (Wildman–Crippen MR) is 95.3 cm³/mol. The molecule has 1 amide bonds. The zero-order chi connectivity index (χ0) is 17.5. The van der Waals surface area contributed by atoms with E-state index in [4.69, 9.17) is 0 Å². The summed E-state index contributed by atoms with van der Waals surface area (Å²) in [5, 5.41) is 0. The van der Waals surface area contributed by atoms with Crippen molar-refractivity contribution in [2.45, 2.75) is 51.4 Å². The molecule has 134 valence electrons. The van der Waals surface area contributed by atoms with E-state index >= 15 is 0 Å². The number of imidazole rings is 1.